The SMILES string of the molecule is C=C(CCC(=C)N1CCOCC1)CC(=C)c1cc2c(=C)c3ccccc3c(=C)c2o1. The van der Waals surface area contributed by atoms with Crippen molar-refractivity contribution in [3.8, 4) is 0 Å². The zero-order chi connectivity index (χ0) is 21.3. The summed E-state index contributed by atoms with van der Waals surface area (Å²) in [5.41, 5.74) is 4.01. The number of allylic oxidation sites excluding steroid dienone is 3. The van der Waals surface area contributed by atoms with Crippen LogP contribution in [0.1, 0.15) is 25.0 Å². The van der Waals surface area contributed by atoms with Crippen molar-refractivity contribution in [1.29, 1.82) is 0 Å². The molecular formula is C27H29NO2. The smallest absolute Gasteiger partial charge is 0.142 e. The summed E-state index contributed by atoms with van der Waals surface area (Å²) < 4.78 is 11.6. The molecule has 0 aliphatic carbocycles. The van der Waals surface area contributed by atoms with Gasteiger partial charge in [-0.25, -0.2) is 0 Å². The van der Waals surface area contributed by atoms with Gasteiger partial charge in [-0.3, -0.25) is 0 Å². The van der Waals surface area contributed by atoms with Gasteiger partial charge in [-0.2, -0.15) is 0 Å². The number of fused-ring (bicyclic) bond motifs is 2. The second kappa shape index (κ2) is 8.37. The van der Waals surface area contributed by atoms with E-state index < -0.39 is 0 Å². The summed E-state index contributed by atoms with van der Waals surface area (Å²) in [6, 6.07) is 10.2. The van der Waals surface area contributed by atoms with Crippen LogP contribution < -0.4 is 10.4 Å². The van der Waals surface area contributed by atoms with Crippen molar-refractivity contribution in [2.45, 2.75) is 19.3 Å². The van der Waals surface area contributed by atoms with E-state index in [0.717, 1.165) is 93.9 Å². The van der Waals surface area contributed by atoms with Gasteiger partial charge >= 0.3 is 0 Å². The predicted octanol–water partition coefficient (Wildman–Crippen LogP) is 4.99. The van der Waals surface area contributed by atoms with Gasteiger partial charge in [0, 0.05) is 29.4 Å². The zero-order valence-corrected chi connectivity index (χ0v) is 17.6. The highest BCUT2D eigenvalue weighted by molar-refractivity contribution is 5.98. The van der Waals surface area contributed by atoms with Gasteiger partial charge in [0.1, 0.15) is 11.3 Å². The van der Waals surface area contributed by atoms with Crippen LogP contribution in [0.5, 0.6) is 0 Å². The molecule has 4 rings (SSSR count). The summed E-state index contributed by atoms with van der Waals surface area (Å²) in [7, 11) is 0. The average Bonchev–Trinajstić information content (AvgIpc) is 3.23. The molecule has 1 fully saturated rings. The minimum absolute atomic E-state index is 0.703. The molecule has 0 spiro atoms. The van der Waals surface area contributed by atoms with Crippen LogP contribution in [0.4, 0.5) is 0 Å². The van der Waals surface area contributed by atoms with Gasteiger partial charge in [0.05, 0.1) is 13.2 Å². The second-order valence-electron chi connectivity index (χ2n) is 8.05. The number of ether oxygens (including phenoxy) is 1. The van der Waals surface area contributed by atoms with Gasteiger partial charge in [-0.15, -0.1) is 0 Å². The minimum atomic E-state index is 0.703. The van der Waals surface area contributed by atoms with Gasteiger partial charge in [-0.1, -0.05) is 62.7 Å². The number of nitrogens with zero attached hydrogens (tertiary/aromatic N) is 1. The molecule has 0 bridgehead atoms. The third kappa shape index (κ3) is 3.86. The first-order chi connectivity index (χ1) is 14.5. The fraction of sp³-hybridized carbons (Fsp3) is 0.259. The van der Waals surface area contributed by atoms with E-state index in [1.54, 1.807) is 0 Å². The van der Waals surface area contributed by atoms with Crippen LogP contribution in [0.3, 0.4) is 0 Å². The van der Waals surface area contributed by atoms with E-state index in [9.17, 15) is 0 Å². The molecule has 154 valence electrons. The molecule has 1 saturated heterocycles. The highest BCUT2D eigenvalue weighted by Crippen LogP contribution is 2.27. The van der Waals surface area contributed by atoms with Crippen LogP contribution >= 0.6 is 0 Å². The largest absolute Gasteiger partial charge is 0.456 e. The normalized spacial score (nSPS) is 14.3. The van der Waals surface area contributed by atoms with Crippen molar-refractivity contribution < 1.29 is 9.15 Å². The van der Waals surface area contributed by atoms with Crippen molar-refractivity contribution in [2.75, 3.05) is 26.3 Å². The quantitative estimate of drug-likeness (QED) is 0.523. The molecule has 2 aromatic carbocycles. The molecule has 1 aliphatic rings. The van der Waals surface area contributed by atoms with Gasteiger partial charge in [0.25, 0.3) is 0 Å². The van der Waals surface area contributed by atoms with E-state index >= 15 is 0 Å². The maximum Gasteiger partial charge on any atom is 0.142 e. The first-order valence-corrected chi connectivity index (χ1v) is 10.4. The van der Waals surface area contributed by atoms with Crippen LogP contribution in [-0.2, 0) is 4.74 Å². The average molecular weight is 400 g/mol. The van der Waals surface area contributed by atoms with Crippen molar-refractivity contribution >= 4 is 40.5 Å². The summed E-state index contributed by atoms with van der Waals surface area (Å²) in [6.45, 7) is 24.7. The maximum atomic E-state index is 6.19. The van der Waals surface area contributed by atoms with Crippen LogP contribution in [0.2, 0.25) is 0 Å². The van der Waals surface area contributed by atoms with Crippen molar-refractivity contribution in [2.24, 2.45) is 0 Å². The molecular weight excluding hydrogens is 370 g/mol. The number of morpholine rings is 1. The lowest BCUT2D eigenvalue weighted by atomic mass is 10.00. The van der Waals surface area contributed by atoms with Crippen LogP contribution in [0.25, 0.3) is 40.5 Å². The molecule has 0 saturated carbocycles. The third-order valence-corrected chi connectivity index (χ3v) is 5.95. The molecule has 30 heavy (non-hydrogen) atoms. The topological polar surface area (TPSA) is 25.6 Å². The van der Waals surface area contributed by atoms with Crippen molar-refractivity contribution in [1.82, 2.24) is 4.90 Å². The predicted molar refractivity (Wildman–Crippen MR) is 128 cm³/mol. The monoisotopic (exact) mass is 399 g/mol. The second-order valence-corrected chi connectivity index (χ2v) is 8.05. The lowest BCUT2D eigenvalue weighted by molar-refractivity contribution is 0.0523. The Labute approximate surface area is 177 Å². The van der Waals surface area contributed by atoms with Crippen molar-refractivity contribution in [3.05, 3.63) is 77.5 Å². The lowest BCUT2D eigenvalue weighted by Gasteiger charge is -2.30. The number of rotatable bonds is 7. The number of benzene rings is 2. The molecule has 0 radical (unpaired) electrons. The Morgan fingerprint density at radius 2 is 1.57 bits per heavy atom. The van der Waals surface area contributed by atoms with E-state index in [2.05, 4.69) is 49.9 Å². The fourth-order valence-corrected chi connectivity index (χ4v) is 4.13. The summed E-state index contributed by atoms with van der Waals surface area (Å²) in [5.74, 6) is 0.781. The molecule has 1 aliphatic heterocycles. The van der Waals surface area contributed by atoms with Gasteiger partial charge in [0.15, 0.2) is 0 Å². The first kappa shape index (κ1) is 20.2. The van der Waals surface area contributed by atoms with Crippen LogP contribution in [0.15, 0.2) is 65.8 Å². The maximum absolute atomic E-state index is 6.19. The highest BCUT2D eigenvalue weighted by Gasteiger charge is 2.14. The summed E-state index contributed by atoms with van der Waals surface area (Å²) in [4.78, 5) is 2.31. The zero-order valence-electron chi connectivity index (χ0n) is 17.6. The molecule has 3 nitrogen and oxygen atoms in total. The third-order valence-electron chi connectivity index (χ3n) is 5.95. The van der Waals surface area contributed by atoms with E-state index in [0.29, 0.717) is 6.42 Å². The standard InChI is InChI=1S/C27H29NO2/c1-18(10-11-20(3)28-12-14-29-15-13-28)16-19(2)26-17-25-21(4)23-8-6-7-9-24(23)22(5)27(25)30-26/h6-9,17H,1-5,10-16H2. The Morgan fingerprint density at radius 1 is 0.900 bits per heavy atom. The molecule has 0 N–H and O–H groups in total. The van der Waals surface area contributed by atoms with E-state index in [-0.39, 0.29) is 0 Å². The molecule has 2 heterocycles. The van der Waals surface area contributed by atoms with Crippen LogP contribution in [0, 0.1) is 0 Å². The summed E-state index contributed by atoms with van der Waals surface area (Å²) >= 11 is 0. The van der Waals surface area contributed by atoms with E-state index in [1.807, 2.05) is 18.2 Å². The number of hydrogen-bond donors (Lipinski definition) is 0. The molecule has 3 heteroatoms. The summed E-state index contributed by atoms with van der Waals surface area (Å²) in [5, 5.41) is 5.05. The van der Waals surface area contributed by atoms with E-state index in [4.69, 9.17) is 9.15 Å². The number of hydrogen-bond acceptors (Lipinski definition) is 3. The van der Waals surface area contributed by atoms with E-state index in [1.165, 1.54) is 0 Å². The van der Waals surface area contributed by atoms with Gasteiger partial charge in [-0.05, 0) is 46.9 Å². The fourth-order valence-electron chi connectivity index (χ4n) is 4.13. The Kier molecular flexibility index (Phi) is 5.65. The molecule has 0 atom stereocenters. The van der Waals surface area contributed by atoms with Crippen LogP contribution in [-0.4, -0.2) is 31.2 Å². The Morgan fingerprint density at radius 3 is 2.27 bits per heavy atom. The highest BCUT2D eigenvalue weighted by atomic mass is 16.5. The molecule has 0 unspecified atom stereocenters. The van der Waals surface area contributed by atoms with Crippen molar-refractivity contribution in [3.63, 3.8) is 0 Å². The Balaban J connectivity index is 1.47. The molecule has 3 aromatic rings. The molecule has 1 aromatic heterocycles. The summed E-state index contributed by atoms with van der Waals surface area (Å²) in [6.07, 6.45) is 2.50. The number of furan rings is 1. The van der Waals surface area contributed by atoms with Gasteiger partial charge in [0.2, 0.25) is 0 Å². The van der Waals surface area contributed by atoms with Gasteiger partial charge < -0.3 is 14.1 Å². The molecule has 0 amide bonds. The minimum Gasteiger partial charge on any atom is -0.456 e. The first-order valence-electron chi connectivity index (χ1n) is 10.4. The Bertz CT molecular complexity index is 1170. The lowest BCUT2D eigenvalue weighted by Crippen LogP contribution is -2.35. The Hall–Kier alpha value is -3.04.